The Kier molecular flexibility index (Phi) is 5.92. The monoisotopic (exact) mass is 371 g/mol. The molecular formula is C16H19ClFN3O2S. The molecule has 2 aromatic rings. The van der Waals surface area contributed by atoms with Crippen LogP contribution in [0.3, 0.4) is 0 Å². The zero-order valence-corrected chi connectivity index (χ0v) is 14.8. The number of rotatable bonds is 3. The molecule has 8 heteroatoms. The Balaban J connectivity index is 0.00000208. The van der Waals surface area contributed by atoms with Gasteiger partial charge in [0.25, 0.3) is 0 Å². The van der Waals surface area contributed by atoms with Crippen LogP contribution >= 0.6 is 23.7 Å². The van der Waals surface area contributed by atoms with Gasteiger partial charge in [0.05, 0.1) is 5.69 Å². The molecule has 1 aromatic carbocycles. The standard InChI is InChI=1S/C16H18FN3O2S.ClH/c1-10-8-11(2-3-12(10)17)13-9-23-15(19-13)20-14(21)16(18)4-6-22-7-5-16;/h2-3,8-9H,4-7,18H2,1H3,(H,19,20,21);1H. The molecule has 0 bridgehead atoms. The molecule has 0 saturated carbocycles. The van der Waals surface area contributed by atoms with Crippen molar-refractivity contribution in [3.63, 3.8) is 0 Å². The molecule has 0 unspecified atom stereocenters. The maximum absolute atomic E-state index is 13.3. The van der Waals surface area contributed by atoms with Crippen molar-refractivity contribution in [3.8, 4) is 11.3 Å². The summed E-state index contributed by atoms with van der Waals surface area (Å²) in [5, 5.41) is 5.10. The number of thiazole rings is 1. The van der Waals surface area contributed by atoms with Gasteiger partial charge in [0.1, 0.15) is 11.4 Å². The van der Waals surface area contributed by atoms with Gasteiger partial charge < -0.3 is 15.8 Å². The first-order valence-corrected chi connectivity index (χ1v) is 8.26. The minimum absolute atomic E-state index is 0. The molecule has 1 aliphatic heterocycles. The van der Waals surface area contributed by atoms with E-state index in [0.717, 1.165) is 5.56 Å². The SMILES string of the molecule is Cc1cc(-c2csc(NC(=O)C3(N)CCOCC3)n2)ccc1F.Cl. The Morgan fingerprint density at radius 3 is 2.79 bits per heavy atom. The third kappa shape index (κ3) is 3.92. The van der Waals surface area contributed by atoms with Gasteiger partial charge in [0, 0.05) is 24.2 Å². The second kappa shape index (κ2) is 7.57. The van der Waals surface area contributed by atoms with Crippen molar-refractivity contribution in [3.05, 3.63) is 35.0 Å². The fourth-order valence-electron chi connectivity index (χ4n) is 2.45. The van der Waals surface area contributed by atoms with Crippen LogP contribution in [-0.2, 0) is 9.53 Å². The summed E-state index contributed by atoms with van der Waals surface area (Å²) in [5.74, 6) is -0.487. The number of aryl methyl sites for hydroxylation is 1. The summed E-state index contributed by atoms with van der Waals surface area (Å²) < 4.78 is 18.6. The lowest BCUT2D eigenvalue weighted by atomic mass is 9.90. The minimum atomic E-state index is -0.906. The highest BCUT2D eigenvalue weighted by Crippen LogP contribution is 2.27. The Morgan fingerprint density at radius 1 is 1.42 bits per heavy atom. The summed E-state index contributed by atoms with van der Waals surface area (Å²) >= 11 is 1.32. The number of hydrogen-bond acceptors (Lipinski definition) is 5. The quantitative estimate of drug-likeness (QED) is 0.869. The van der Waals surface area contributed by atoms with E-state index in [1.165, 1.54) is 17.4 Å². The summed E-state index contributed by atoms with van der Waals surface area (Å²) in [6.07, 6.45) is 0.989. The predicted octanol–water partition coefficient (Wildman–Crippen LogP) is 3.13. The number of halogens is 2. The number of nitrogens with two attached hydrogens (primary N) is 1. The maximum Gasteiger partial charge on any atom is 0.246 e. The van der Waals surface area contributed by atoms with Crippen molar-refractivity contribution in [2.45, 2.75) is 25.3 Å². The zero-order valence-electron chi connectivity index (χ0n) is 13.2. The number of amides is 1. The first kappa shape index (κ1) is 18.8. The Bertz CT molecular complexity index is 732. The second-order valence-corrected chi connectivity index (χ2v) is 6.58. The minimum Gasteiger partial charge on any atom is -0.381 e. The topological polar surface area (TPSA) is 77.2 Å². The third-order valence-corrected chi connectivity index (χ3v) is 4.77. The summed E-state index contributed by atoms with van der Waals surface area (Å²) in [5.41, 5.74) is 7.32. The smallest absolute Gasteiger partial charge is 0.246 e. The van der Waals surface area contributed by atoms with E-state index < -0.39 is 5.54 Å². The van der Waals surface area contributed by atoms with Crippen LogP contribution in [0.5, 0.6) is 0 Å². The van der Waals surface area contributed by atoms with E-state index in [1.54, 1.807) is 19.1 Å². The fraction of sp³-hybridized carbons (Fsp3) is 0.375. The van der Waals surface area contributed by atoms with E-state index in [0.29, 0.717) is 42.4 Å². The molecule has 3 N–H and O–H groups in total. The number of nitrogens with zero attached hydrogens (tertiary/aromatic N) is 1. The van der Waals surface area contributed by atoms with Gasteiger partial charge in [0.2, 0.25) is 5.91 Å². The Hall–Kier alpha value is -1.54. The molecule has 1 aromatic heterocycles. The van der Waals surface area contributed by atoms with E-state index >= 15 is 0 Å². The second-order valence-electron chi connectivity index (χ2n) is 5.72. The van der Waals surface area contributed by atoms with Crippen LogP contribution in [0.15, 0.2) is 23.6 Å². The zero-order chi connectivity index (χ0) is 16.4. The van der Waals surface area contributed by atoms with E-state index in [4.69, 9.17) is 10.5 Å². The van der Waals surface area contributed by atoms with Crippen molar-refractivity contribution in [1.29, 1.82) is 0 Å². The maximum atomic E-state index is 13.3. The van der Waals surface area contributed by atoms with Crippen molar-refractivity contribution < 1.29 is 13.9 Å². The first-order valence-electron chi connectivity index (χ1n) is 7.38. The summed E-state index contributed by atoms with van der Waals surface area (Å²) in [6.45, 7) is 2.68. The lowest BCUT2D eigenvalue weighted by molar-refractivity contribution is -0.124. The number of anilines is 1. The summed E-state index contributed by atoms with van der Waals surface area (Å²) in [4.78, 5) is 16.8. The molecule has 1 saturated heterocycles. The lowest BCUT2D eigenvalue weighted by Gasteiger charge is -2.31. The van der Waals surface area contributed by atoms with Gasteiger partial charge in [-0.25, -0.2) is 9.37 Å². The van der Waals surface area contributed by atoms with Crippen LogP contribution in [-0.4, -0.2) is 29.6 Å². The lowest BCUT2D eigenvalue weighted by Crippen LogP contribution is -2.54. The van der Waals surface area contributed by atoms with Gasteiger partial charge in [-0.2, -0.15) is 0 Å². The van der Waals surface area contributed by atoms with Crippen LogP contribution in [0.25, 0.3) is 11.3 Å². The van der Waals surface area contributed by atoms with E-state index in [-0.39, 0.29) is 24.1 Å². The number of nitrogens with one attached hydrogen (secondary N) is 1. The van der Waals surface area contributed by atoms with Crippen molar-refractivity contribution in [1.82, 2.24) is 4.98 Å². The van der Waals surface area contributed by atoms with Gasteiger partial charge in [0.15, 0.2) is 5.13 Å². The van der Waals surface area contributed by atoms with Gasteiger partial charge in [-0.05, 0) is 43.5 Å². The third-order valence-electron chi connectivity index (χ3n) is 4.02. The van der Waals surface area contributed by atoms with Crippen LogP contribution < -0.4 is 11.1 Å². The molecule has 2 heterocycles. The molecule has 1 amide bonds. The first-order chi connectivity index (χ1) is 11.0. The summed E-state index contributed by atoms with van der Waals surface area (Å²) in [7, 11) is 0. The number of ether oxygens (including phenoxy) is 1. The van der Waals surface area contributed by atoms with Crippen molar-refractivity contribution in [2.75, 3.05) is 18.5 Å². The average Bonchev–Trinajstić information content (AvgIpc) is 2.99. The number of carbonyl (C=O) groups excluding carboxylic acids is 1. The number of hydrogen-bond donors (Lipinski definition) is 2. The Labute approximate surface area is 149 Å². The van der Waals surface area contributed by atoms with Crippen LogP contribution in [0.2, 0.25) is 0 Å². The Morgan fingerprint density at radius 2 is 2.12 bits per heavy atom. The van der Waals surface area contributed by atoms with Crippen LogP contribution in [0.4, 0.5) is 9.52 Å². The highest BCUT2D eigenvalue weighted by Gasteiger charge is 2.36. The molecule has 0 aliphatic carbocycles. The van der Waals surface area contributed by atoms with Gasteiger partial charge >= 0.3 is 0 Å². The molecule has 0 spiro atoms. The molecule has 24 heavy (non-hydrogen) atoms. The average molecular weight is 372 g/mol. The van der Waals surface area contributed by atoms with Crippen LogP contribution in [0.1, 0.15) is 18.4 Å². The molecule has 0 radical (unpaired) electrons. The van der Waals surface area contributed by atoms with Crippen LogP contribution in [0, 0.1) is 12.7 Å². The molecule has 3 rings (SSSR count). The largest absolute Gasteiger partial charge is 0.381 e. The fourth-order valence-corrected chi connectivity index (χ4v) is 3.17. The predicted molar refractivity (Wildman–Crippen MR) is 95.1 cm³/mol. The van der Waals surface area contributed by atoms with E-state index in [1.807, 2.05) is 5.38 Å². The molecule has 1 fully saturated rings. The molecule has 5 nitrogen and oxygen atoms in total. The molecule has 1 aliphatic rings. The normalized spacial score (nSPS) is 16.3. The molecule has 0 atom stereocenters. The number of aromatic nitrogens is 1. The number of benzene rings is 1. The van der Waals surface area contributed by atoms with E-state index in [9.17, 15) is 9.18 Å². The van der Waals surface area contributed by atoms with E-state index in [2.05, 4.69) is 10.3 Å². The summed E-state index contributed by atoms with van der Waals surface area (Å²) in [6, 6.07) is 4.82. The van der Waals surface area contributed by atoms with Gasteiger partial charge in [-0.1, -0.05) is 0 Å². The van der Waals surface area contributed by atoms with Gasteiger partial charge in [-0.3, -0.25) is 4.79 Å². The molecular weight excluding hydrogens is 353 g/mol. The van der Waals surface area contributed by atoms with Crippen molar-refractivity contribution in [2.24, 2.45) is 5.73 Å². The number of carbonyl (C=O) groups is 1. The highest BCUT2D eigenvalue weighted by molar-refractivity contribution is 7.14. The van der Waals surface area contributed by atoms with Gasteiger partial charge in [-0.15, -0.1) is 23.7 Å². The van der Waals surface area contributed by atoms with Crippen molar-refractivity contribution >= 4 is 34.8 Å². The highest BCUT2D eigenvalue weighted by atomic mass is 35.5. The molecule has 130 valence electrons.